The summed E-state index contributed by atoms with van der Waals surface area (Å²) < 4.78 is 7.64. The number of carbonyl (C=O) groups is 1. The van der Waals surface area contributed by atoms with Gasteiger partial charge >= 0.3 is 0 Å². The minimum atomic E-state index is 0.0546. The third-order valence-electron chi connectivity index (χ3n) is 4.77. The van der Waals surface area contributed by atoms with Crippen molar-refractivity contribution in [1.29, 1.82) is 0 Å². The molecule has 1 amide bonds. The Kier molecular flexibility index (Phi) is 5.65. The van der Waals surface area contributed by atoms with Gasteiger partial charge in [-0.2, -0.15) is 16.4 Å². The molecule has 1 aliphatic rings. The molecule has 1 fully saturated rings. The van der Waals surface area contributed by atoms with Crippen LogP contribution in [-0.4, -0.2) is 39.8 Å². The van der Waals surface area contributed by atoms with Crippen LogP contribution in [0.2, 0.25) is 0 Å². The third-order valence-corrected chi connectivity index (χ3v) is 5.50. The Morgan fingerprint density at radius 3 is 3.00 bits per heavy atom. The summed E-state index contributed by atoms with van der Waals surface area (Å²) in [5.74, 6) is 0.0546. The second kappa shape index (κ2) is 8.50. The Morgan fingerprint density at radius 2 is 2.26 bits per heavy atom. The molecule has 0 spiro atoms. The number of rotatable bonds is 7. The van der Waals surface area contributed by atoms with E-state index in [2.05, 4.69) is 21.9 Å². The zero-order valence-electron chi connectivity index (χ0n) is 15.2. The second-order valence-electron chi connectivity index (χ2n) is 6.86. The van der Waals surface area contributed by atoms with Crippen LogP contribution in [0.3, 0.4) is 0 Å². The van der Waals surface area contributed by atoms with Crippen molar-refractivity contribution in [3.05, 3.63) is 76.2 Å². The first kappa shape index (κ1) is 17.9. The highest BCUT2D eigenvalue weighted by molar-refractivity contribution is 7.07. The number of benzene rings is 1. The number of aromatic nitrogens is 2. The Labute approximate surface area is 163 Å². The zero-order chi connectivity index (χ0) is 18.5. The summed E-state index contributed by atoms with van der Waals surface area (Å²) >= 11 is 1.66. The molecule has 6 heteroatoms. The van der Waals surface area contributed by atoms with Crippen molar-refractivity contribution in [2.75, 3.05) is 13.2 Å². The lowest BCUT2D eigenvalue weighted by atomic mass is 10.1. The number of carbonyl (C=O) groups excluding carboxylic acids is 1. The van der Waals surface area contributed by atoms with E-state index < -0.39 is 0 Å². The molecule has 0 saturated carbocycles. The standard InChI is InChI=1S/C21H23N3O2S/c25-21(19-5-1-4-17(12-19)14-24-9-3-8-22-24)23(13-18-7-11-27-16-18)15-20-6-2-10-26-20/h1,3-5,7-9,11-12,16,20H,2,6,10,13-15H2/t20-/m0/s1. The van der Waals surface area contributed by atoms with Gasteiger partial charge in [-0.1, -0.05) is 12.1 Å². The summed E-state index contributed by atoms with van der Waals surface area (Å²) in [7, 11) is 0. The zero-order valence-corrected chi connectivity index (χ0v) is 16.0. The molecule has 1 saturated heterocycles. The highest BCUT2D eigenvalue weighted by Gasteiger charge is 2.24. The van der Waals surface area contributed by atoms with Crippen LogP contribution in [0.15, 0.2) is 59.6 Å². The predicted octanol–water partition coefficient (Wildman–Crippen LogP) is 3.81. The lowest BCUT2D eigenvalue weighted by Crippen LogP contribution is -2.36. The molecule has 140 valence electrons. The van der Waals surface area contributed by atoms with E-state index in [4.69, 9.17) is 4.74 Å². The van der Waals surface area contributed by atoms with Gasteiger partial charge in [0.15, 0.2) is 0 Å². The molecule has 0 aliphatic carbocycles. The number of ether oxygens (including phenoxy) is 1. The highest BCUT2D eigenvalue weighted by atomic mass is 32.1. The Balaban J connectivity index is 1.52. The van der Waals surface area contributed by atoms with Crippen LogP contribution in [0, 0.1) is 0 Å². The van der Waals surface area contributed by atoms with E-state index in [0.717, 1.165) is 25.0 Å². The largest absolute Gasteiger partial charge is 0.376 e. The van der Waals surface area contributed by atoms with E-state index in [1.165, 1.54) is 5.56 Å². The van der Waals surface area contributed by atoms with Crippen LogP contribution in [0.1, 0.15) is 34.3 Å². The molecule has 5 nitrogen and oxygen atoms in total. The number of amides is 1. The molecule has 0 bridgehead atoms. The first-order valence-electron chi connectivity index (χ1n) is 9.26. The lowest BCUT2D eigenvalue weighted by molar-refractivity contribution is 0.0507. The van der Waals surface area contributed by atoms with E-state index >= 15 is 0 Å². The number of nitrogens with zero attached hydrogens (tertiary/aromatic N) is 3. The fourth-order valence-electron chi connectivity index (χ4n) is 3.42. The van der Waals surface area contributed by atoms with E-state index in [0.29, 0.717) is 25.2 Å². The maximum atomic E-state index is 13.3. The molecule has 3 aromatic rings. The average Bonchev–Trinajstić information content (AvgIpc) is 3.45. The topological polar surface area (TPSA) is 47.4 Å². The van der Waals surface area contributed by atoms with Crippen LogP contribution >= 0.6 is 11.3 Å². The molecule has 3 heterocycles. The summed E-state index contributed by atoms with van der Waals surface area (Å²) in [5.41, 5.74) is 2.95. The van der Waals surface area contributed by atoms with Gasteiger partial charge in [-0.25, -0.2) is 0 Å². The Hall–Kier alpha value is -2.44. The quantitative estimate of drug-likeness (QED) is 0.625. The molecule has 27 heavy (non-hydrogen) atoms. The van der Waals surface area contributed by atoms with Gasteiger partial charge in [0.1, 0.15) is 0 Å². The van der Waals surface area contributed by atoms with Gasteiger partial charge < -0.3 is 9.64 Å². The van der Waals surface area contributed by atoms with Gasteiger partial charge in [0.2, 0.25) is 0 Å². The van der Waals surface area contributed by atoms with Crippen LogP contribution in [0.5, 0.6) is 0 Å². The van der Waals surface area contributed by atoms with Crippen molar-refractivity contribution >= 4 is 17.2 Å². The lowest BCUT2D eigenvalue weighted by Gasteiger charge is -2.25. The van der Waals surface area contributed by atoms with Crippen LogP contribution in [0.4, 0.5) is 0 Å². The number of hydrogen-bond acceptors (Lipinski definition) is 4. The molecule has 1 aromatic carbocycles. The SMILES string of the molecule is O=C(c1cccc(Cn2cccn2)c1)N(Cc1ccsc1)C[C@@H]1CCCO1. The maximum absolute atomic E-state index is 13.3. The van der Waals surface area contributed by atoms with E-state index in [-0.39, 0.29) is 12.0 Å². The van der Waals surface area contributed by atoms with Gasteiger partial charge in [-0.15, -0.1) is 0 Å². The van der Waals surface area contributed by atoms with E-state index in [1.54, 1.807) is 17.5 Å². The highest BCUT2D eigenvalue weighted by Crippen LogP contribution is 2.19. The summed E-state index contributed by atoms with van der Waals surface area (Å²) in [5, 5.41) is 8.40. The Morgan fingerprint density at radius 1 is 1.30 bits per heavy atom. The molecular formula is C21H23N3O2S. The summed E-state index contributed by atoms with van der Waals surface area (Å²) in [6.07, 6.45) is 5.92. The monoisotopic (exact) mass is 381 g/mol. The summed E-state index contributed by atoms with van der Waals surface area (Å²) in [6.45, 7) is 2.71. The van der Waals surface area contributed by atoms with Gasteiger partial charge in [-0.3, -0.25) is 9.48 Å². The molecular weight excluding hydrogens is 358 g/mol. The first-order valence-corrected chi connectivity index (χ1v) is 10.2. The van der Waals surface area contributed by atoms with Gasteiger partial charge in [0.05, 0.1) is 12.6 Å². The van der Waals surface area contributed by atoms with Crippen molar-refractivity contribution in [3.63, 3.8) is 0 Å². The van der Waals surface area contributed by atoms with Gasteiger partial charge in [0.25, 0.3) is 5.91 Å². The van der Waals surface area contributed by atoms with E-state index in [9.17, 15) is 4.79 Å². The predicted molar refractivity (Wildman–Crippen MR) is 106 cm³/mol. The van der Waals surface area contributed by atoms with Crippen LogP contribution in [0.25, 0.3) is 0 Å². The Bertz CT molecular complexity index is 855. The van der Waals surface area contributed by atoms with Crippen molar-refractivity contribution in [3.8, 4) is 0 Å². The first-order chi connectivity index (χ1) is 13.3. The second-order valence-corrected chi connectivity index (χ2v) is 7.64. The van der Waals surface area contributed by atoms with Crippen molar-refractivity contribution in [1.82, 2.24) is 14.7 Å². The molecule has 0 N–H and O–H groups in total. The molecule has 4 rings (SSSR count). The third kappa shape index (κ3) is 4.64. The smallest absolute Gasteiger partial charge is 0.254 e. The minimum absolute atomic E-state index is 0.0546. The van der Waals surface area contributed by atoms with Gasteiger partial charge in [0, 0.05) is 37.7 Å². The van der Waals surface area contributed by atoms with Crippen molar-refractivity contribution < 1.29 is 9.53 Å². The number of hydrogen-bond donors (Lipinski definition) is 0. The van der Waals surface area contributed by atoms with Crippen molar-refractivity contribution in [2.24, 2.45) is 0 Å². The summed E-state index contributed by atoms with van der Waals surface area (Å²) in [6, 6.07) is 11.8. The van der Waals surface area contributed by atoms with E-state index in [1.807, 2.05) is 46.1 Å². The fraction of sp³-hybridized carbons (Fsp3) is 0.333. The molecule has 2 aromatic heterocycles. The molecule has 1 atom stereocenters. The minimum Gasteiger partial charge on any atom is -0.376 e. The average molecular weight is 382 g/mol. The number of thiophene rings is 1. The molecule has 1 aliphatic heterocycles. The normalized spacial score (nSPS) is 16.5. The molecule has 0 radical (unpaired) electrons. The molecule has 0 unspecified atom stereocenters. The van der Waals surface area contributed by atoms with Crippen LogP contribution < -0.4 is 0 Å². The van der Waals surface area contributed by atoms with Gasteiger partial charge in [-0.05, 0) is 59.0 Å². The fourth-order valence-corrected chi connectivity index (χ4v) is 4.08. The summed E-state index contributed by atoms with van der Waals surface area (Å²) in [4.78, 5) is 15.2. The van der Waals surface area contributed by atoms with Crippen LogP contribution in [-0.2, 0) is 17.8 Å². The maximum Gasteiger partial charge on any atom is 0.254 e. The van der Waals surface area contributed by atoms with Crippen molar-refractivity contribution in [2.45, 2.75) is 32.0 Å².